The molecule has 1 aliphatic rings. The Morgan fingerprint density at radius 2 is 1.95 bits per heavy atom. The second kappa shape index (κ2) is 7.48. The van der Waals surface area contributed by atoms with E-state index in [1.165, 1.54) is 0 Å². The van der Waals surface area contributed by atoms with Gasteiger partial charge in [-0.3, -0.25) is 4.79 Å². The zero-order valence-corrected chi connectivity index (χ0v) is 11.9. The molecule has 1 fully saturated rings. The van der Waals surface area contributed by atoms with Crippen LogP contribution in [-0.2, 0) is 9.59 Å². The molecular weight excluding hydrogens is 244 g/mol. The minimum absolute atomic E-state index is 0.0801. The molecule has 0 aromatic heterocycles. The Morgan fingerprint density at radius 3 is 2.53 bits per heavy atom. The van der Waals surface area contributed by atoms with Crippen LogP contribution >= 0.6 is 0 Å². The zero-order chi connectivity index (χ0) is 14.4. The molecular formula is C14H26N2O3. The molecule has 0 saturated heterocycles. The number of rotatable bonds is 5. The summed E-state index contributed by atoms with van der Waals surface area (Å²) in [5.41, 5.74) is 6.03. The van der Waals surface area contributed by atoms with Gasteiger partial charge in [0.15, 0.2) is 0 Å². The van der Waals surface area contributed by atoms with Gasteiger partial charge in [0.2, 0.25) is 5.91 Å². The summed E-state index contributed by atoms with van der Waals surface area (Å²) in [6.45, 7) is 3.76. The number of hydrogen-bond donors (Lipinski definition) is 3. The highest BCUT2D eigenvalue weighted by Crippen LogP contribution is 2.23. The predicted octanol–water partition coefficient (Wildman–Crippen LogP) is 1.51. The number of nitrogens with two attached hydrogens (primary N) is 1. The Hall–Kier alpha value is -1.10. The summed E-state index contributed by atoms with van der Waals surface area (Å²) in [6.07, 6.45) is 5.48. The summed E-state index contributed by atoms with van der Waals surface area (Å²) in [6, 6.07) is -0.957. The molecule has 2 unspecified atom stereocenters. The second-order valence-corrected chi connectivity index (χ2v) is 5.62. The molecule has 0 heterocycles. The summed E-state index contributed by atoms with van der Waals surface area (Å²) >= 11 is 0. The number of carboxylic acid groups (broad SMARTS) is 1. The monoisotopic (exact) mass is 270 g/mol. The van der Waals surface area contributed by atoms with Crippen molar-refractivity contribution in [1.82, 2.24) is 5.32 Å². The standard InChI is InChI=1S/C14H26N2O3/c1-3-9(2)12(14(18)19)16-13(17)10-7-5-4-6-8-11(10)15/h9-12H,3-8,15H2,1-2H3,(H,16,17)(H,18,19)/t9-,10?,11?,12-/m0/s1. The Balaban J connectivity index is 2.67. The quantitative estimate of drug-likeness (QED) is 0.660. The fourth-order valence-electron chi connectivity index (χ4n) is 2.61. The summed E-state index contributed by atoms with van der Waals surface area (Å²) in [5, 5.41) is 11.9. The smallest absolute Gasteiger partial charge is 0.326 e. The lowest BCUT2D eigenvalue weighted by Gasteiger charge is -2.25. The number of nitrogens with one attached hydrogen (secondary N) is 1. The molecule has 1 saturated carbocycles. The van der Waals surface area contributed by atoms with Crippen LogP contribution in [0.15, 0.2) is 0 Å². The maximum atomic E-state index is 12.2. The van der Waals surface area contributed by atoms with Crippen molar-refractivity contribution >= 4 is 11.9 Å². The van der Waals surface area contributed by atoms with Crippen molar-refractivity contribution in [1.29, 1.82) is 0 Å². The highest BCUT2D eigenvalue weighted by atomic mass is 16.4. The maximum absolute atomic E-state index is 12.2. The van der Waals surface area contributed by atoms with Gasteiger partial charge in [-0.05, 0) is 18.8 Å². The van der Waals surface area contributed by atoms with Gasteiger partial charge in [0.25, 0.3) is 0 Å². The largest absolute Gasteiger partial charge is 0.480 e. The summed E-state index contributed by atoms with van der Waals surface area (Å²) < 4.78 is 0. The van der Waals surface area contributed by atoms with Gasteiger partial charge >= 0.3 is 5.97 Å². The van der Waals surface area contributed by atoms with Crippen molar-refractivity contribution in [2.24, 2.45) is 17.6 Å². The molecule has 4 N–H and O–H groups in total. The van der Waals surface area contributed by atoms with E-state index >= 15 is 0 Å². The average molecular weight is 270 g/mol. The van der Waals surface area contributed by atoms with Gasteiger partial charge in [0, 0.05) is 6.04 Å². The molecule has 0 aromatic carbocycles. The van der Waals surface area contributed by atoms with Crippen molar-refractivity contribution in [3.63, 3.8) is 0 Å². The number of carbonyl (C=O) groups is 2. The predicted molar refractivity (Wildman–Crippen MR) is 73.6 cm³/mol. The van der Waals surface area contributed by atoms with Crippen LogP contribution in [0.2, 0.25) is 0 Å². The molecule has 1 aliphatic carbocycles. The number of aliphatic carboxylic acids is 1. The molecule has 5 heteroatoms. The minimum atomic E-state index is -0.968. The van der Waals surface area contributed by atoms with Gasteiger partial charge in [0.1, 0.15) is 6.04 Å². The molecule has 0 bridgehead atoms. The maximum Gasteiger partial charge on any atom is 0.326 e. The molecule has 1 rings (SSSR count). The normalized spacial score (nSPS) is 27.1. The number of carboxylic acids is 1. The molecule has 4 atom stereocenters. The number of amides is 1. The Kier molecular flexibility index (Phi) is 6.28. The fourth-order valence-corrected chi connectivity index (χ4v) is 2.61. The van der Waals surface area contributed by atoms with Gasteiger partial charge in [-0.2, -0.15) is 0 Å². The van der Waals surface area contributed by atoms with Crippen LogP contribution in [-0.4, -0.2) is 29.1 Å². The van der Waals surface area contributed by atoms with Gasteiger partial charge in [-0.15, -0.1) is 0 Å². The van der Waals surface area contributed by atoms with Gasteiger partial charge in [-0.25, -0.2) is 4.79 Å². The summed E-state index contributed by atoms with van der Waals surface area (Å²) in [5.74, 6) is -1.48. The van der Waals surface area contributed by atoms with Crippen molar-refractivity contribution < 1.29 is 14.7 Å². The number of carbonyl (C=O) groups excluding carboxylic acids is 1. The van der Waals surface area contributed by atoms with E-state index in [1.54, 1.807) is 0 Å². The van der Waals surface area contributed by atoms with E-state index in [2.05, 4.69) is 5.32 Å². The lowest BCUT2D eigenvalue weighted by atomic mass is 9.92. The molecule has 1 amide bonds. The van der Waals surface area contributed by atoms with Crippen molar-refractivity contribution in [3.05, 3.63) is 0 Å². The topological polar surface area (TPSA) is 92.4 Å². The third-order valence-corrected chi connectivity index (χ3v) is 4.18. The van der Waals surface area contributed by atoms with E-state index in [4.69, 9.17) is 5.73 Å². The van der Waals surface area contributed by atoms with Gasteiger partial charge in [0.05, 0.1) is 5.92 Å². The Bertz CT molecular complexity index is 320. The summed E-state index contributed by atoms with van der Waals surface area (Å²) in [4.78, 5) is 23.5. The first-order chi connectivity index (χ1) is 8.97. The second-order valence-electron chi connectivity index (χ2n) is 5.62. The first-order valence-electron chi connectivity index (χ1n) is 7.26. The molecule has 5 nitrogen and oxygen atoms in total. The Labute approximate surface area is 114 Å². The van der Waals surface area contributed by atoms with Crippen molar-refractivity contribution in [3.8, 4) is 0 Å². The third-order valence-electron chi connectivity index (χ3n) is 4.18. The molecule has 110 valence electrons. The zero-order valence-electron chi connectivity index (χ0n) is 11.9. The van der Waals surface area contributed by atoms with Crippen LogP contribution < -0.4 is 11.1 Å². The number of hydrogen-bond acceptors (Lipinski definition) is 3. The molecule has 0 aliphatic heterocycles. The van der Waals surface area contributed by atoms with Crippen molar-refractivity contribution in [2.45, 2.75) is 64.5 Å². The van der Waals surface area contributed by atoms with E-state index in [0.717, 1.165) is 32.1 Å². The van der Waals surface area contributed by atoms with Crippen LogP contribution in [0.1, 0.15) is 52.4 Å². The van der Waals surface area contributed by atoms with Crippen LogP contribution in [0.25, 0.3) is 0 Å². The molecule has 0 aromatic rings. The highest BCUT2D eigenvalue weighted by molar-refractivity contribution is 5.85. The molecule has 19 heavy (non-hydrogen) atoms. The van der Waals surface area contributed by atoms with Crippen molar-refractivity contribution in [2.75, 3.05) is 0 Å². The van der Waals surface area contributed by atoms with Gasteiger partial charge < -0.3 is 16.2 Å². The van der Waals surface area contributed by atoms with Gasteiger partial charge in [-0.1, -0.05) is 39.5 Å². The van der Waals surface area contributed by atoms with E-state index in [0.29, 0.717) is 6.42 Å². The van der Waals surface area contributed by atoms with E-state index in [-0.39, 0.29) is 23.8 Å². The lowest BCUT2D eigenvalue weighted by Crippen LogP contribution is -2.50. The van der Waals surface area contributed by atoms with Crippen LogP contribution in [0, 0.1) is 11.8 Å². The van der Waals surface area contributed by atoms with Crippen LogP contribution in [0.5, 0.6) is 0 Å². The SMILES string of the molecule is CC[C@H](C)[C@H](NC(=O)C1CCCCCC1N)C(=O)O. The highest BCUT2D eigenvalue weighted by Gasteiger charge is 2.32. The summed E-state index contributed by atoms with van der Waals surface area (Å²) in [7, 11) is 0. The lowest BCUT2D eigenvalue weighted by molar-refractivity contribution is -0.144. The minimum Gasteiger partial charge on any atom is -0.480 e. The first kappa shape index (κ1) is 16.0. The molecule has 0 spiro atoms. The Morgan fingerprint density at radius 1 is 1.32 bits per heavy atom. The first-order valence-corrected chi connectivity index (χ1v) is 7.26. The van der Waals surface area contributed by atoms with E-state index in [1.807, 2.05) is 13.8 Å². The van der Waals surface area contributed by atoms with E-state index in [9.17, 15) is 14.7 Å². The fraction of sp³-hybridized carbons (Fsp3) is 0.857. The van der Waals surface area contributed by atoms with Crippen LogP contribution in [0.4, 0.5) is 0 Å². The average Bonchev–Trinajstić information content (AvgIpc) is 2.59. The third kappa shape index (κ3) is 4.49. The van der Waals surface area contributed by atoms with Crippen LogP contribution in [0.3, 0.4) is 0 Å². The molecule has 0 radical (unpaired) electrons. The van der Waals surface area contributed by atoms with E-state index < -0.39 is 12.0 Å².